The van der Waals surface area contributed by atoms with Crippen LogP contribution in [0.5, 0.6) is 11.5 Å². The van der Waals surface area contributed by atoms with Crippen molar-refractivity contribution in [1.29, 1.82) is 0 Å². The van der Waals surface area contributed by atoms with E-state index in [9.17, 15) is 0 Å². The molecular weight excluding hydrogens is 314 g/mol. The van der Waals surface area contributed by atoms with Crippen LogP contribution in [0.3, 0.4) is 0 Å². The Morgan fingerprint density at radius 1 is 1.08 bits per heavy atom. The van der Waals surface area contributed by atoms with Gasteiger partial charge in [-0.25, -0.2) is 0 Å². The van der Waals surface area contributed by atoms with Crippen LogP contribution in [0.1, 0.15) is 37.8 Å². The van der Waals surface area contributed by atoms with Crippen LogP contribution >= 0.6 is 0 Å². The smallest absolute Gasteiger partial charge is 0.161 e. The summed E-state index contributed by atoms with van der Waals surface area (Å²) in [5, 5.41) is 3.56. The second-order valence-electron chi connectivity index (χ2n) is 7.34. The molecule has 1 N–H and O–H groups in total. The van der Waals surface area contributed by atoms with E-state index < -0.39 is 0 Å². The van der Waals surface area contributed by atoms with Gasteiger partial charge in [-0.3, -0.25) is 4.90 Å². The number of hydrogen-bond donors (Lipinski definition) is 1. The van der Waals surface area contributed by atoms with Crippen LogP contribution < -0.4 is 14.8 Å². The zero-order valence-corrected chi connectivity index (χ0v) is 16.0. The van der Waals surface area contributed by atoms with Crippen molar-refractivity contribution in [1.82, 2.24) is 15.1 Å². The van der Waals surface area contributed by atoms with Crippen LogP contribution in [0.2, 0.25) is 0 Å². The standard InChI is InChI=1S/C20H33N3O2/c1-16-14-23(12-9-21-16)18(15-22-10-5-4-6-11-22)17-7-8-19(24-2)20(13-17)25-3/h7-8,13,16,18,21H,4-6,9-12,14-15H2,1-3H3. The zero-order valence-electron chi connectivity index (χ0n) is 16.0. The summed E-state index contributed by atoms with van der Waals surface area (Å²) in [7, 11) is 3.41. The van der Waals surface area contributed by atoms with Crippen LogP contribution in [-0.4, -0.2) is 69.3 Å². The van der Waals surface area contributed by atoms with Gasteiger partial charge in [0.05, 0.1) is 14.2 Å². The molecule has 1 aromatic rings. The van der Waals surface area contributed by atoms with Crippen molar-refractivity contribution in [3.63, 3.8) is 0 Å². The number of piperazine rings is 1. The largest absolute Gasteiger partial charge is 0.493 e. The Bertz CT molecular complexity index is 546. The van der Waals surface area contributed by atoms with E-state index in [1.54, 1.807) is 14.2 Å². The van der Waals surface area contributed by atoms with Crippen LogP contribution in [-0.2, 0) is 0 Å². The average molecular weight is 348 g/mol. The summed E-state index contributed by atoms with van der Waals surface area (Å²) in [5.74, 6) is 1.63. The van der Waals surface area contributed by atoms with Gasteiger partial charge >= 0.3 is 0 Å². The molecule has 0 aliphatic carbocycles. The Hall–Kier alpha value is -1.30. The van der Waals surface area contributed by atoms with E-state index in [1.165, 1.54) is 37.9 Å². The van der Waals surface area contributed by atoms with Crippen molar-refractivity contribution in [2.45, 2.75) is 38.3 Å². The van der Waals surface area contributed by atoms with Gasteiger partial charge in [-0.2, -0.15) is 0 Å². The first-order valence-corrected chi connectivity index (χ1v) is 9.63. The Balaban J connectivity index is 1.83. The first-order chi connectivity index (χ1) is 12.2. The highest BCUT2D eigenvalue weighted by atomic mass is 16.5. The van der Waals surface area contributed by atoms with Crippen molar-refractivity contribution in [2.75, 3.05) is 53.5 Å². The van der Waals surface area contributed by atoms with E-state index in [4.69, 9.17) is 9.47 Å². The molecule has 2 unspecified atom stereocenters. The van der Waals surface area contributed by atoms with Crippen molar-refractivity contribution in [3.05, 3.63) is 23.8 Å². The summed E-state index contributed by atoms with van der Waals surface area (Å²) in [6.45, 7) is 9.08. The SMILES string of the molecule is COc1ccc(C(CN2CCCCC2)N2CCNC(C)C2)cc1OC. The lowest BCUT2D eigenvalue weighted by atomic mass is 10.0. The van der Waals surface area contributed by atoms with Gasteiger partial charge in [0.2, 0.25) is 0 Å². The molecule has 2 aliphatic heterocycles. The summed E-state index contributed by atoms with van der Waals surface area (Å²) < 4.78 is 11.0. The minimum absolute atomic E-state index is 0.405. The molecule has 0 bridgehead atoms. The fraction of sp³-hybridized carbons (Fsp3) is 0.700. The highest BCUT2D eigenvalue weighted by Crippen LogP contribution is 2.33. The molecular formula is C20H33N3O2. The molecule has 0 radical (unpaired) electrons. The molecule has 2 saturated heterocycles. The molecule has 0 aromatic heterocycles. The molecule has 2 fully saturated rings. The zero-order chi connectivity index (χ0) is 17.6. The Morgan fingerprint density at radius 2 is 1.84 bits per heavy atom. The molecule has 2 heterocycles. The highest BCUT2D eigenvalue weighted by molar-refractivity contribution is 5.44. The highest BCUT2D eigenvalue weighted by Gasteiger charge is 2.28. The normalized spacial score (nSPS) is 24.0. The molecule has 25 heavy (non-hydrogen) atoms. The fourth-order valence-electron chi connectivity index (χ4n) is 4.12. The number of benzene rings is 1. The monoisotopic (exact) mass is 347 g/mol. The number of methoxy groups -OCH3 is 2. The summed E-state index contributed by atoms with van der Waals surface area (Å²) in [4.78, 5) is 5.27. The lowest BCUT2D eigenvalue weighted by Gasteiger charge is -2.41. The Morgan fingerprint density at radius 3 is 2.52 bits per heavy atom. The van der Waals surface area contributed by atoms with E-state index >= 15 is 0 Å². The van der Waals surface area contributed by atoms with E-state index in [0.29, 0.717) is 12.1 Å². The lowest BCUT2D eigenvalue weighted by molar-refractivity contribution is 0.100. The molecule has 2 atom stereocenters. The fourth-order valence-corrected chi connectivity index (χ4v) is 4.12. The van der Waals surface area contributed by atoms with E-state index in [1.807, 2.05) is 6.07 Å². The van der Waals surface area contributed by atoms with Crippen molar-refractivity contribution in [3.8, 4) is 11.5 Å². The predicted molar refractivity (Wildman–Crippen MR) is 102 cm³/mol. The van der Waals surface area contributed by atoms with Gasteiger partial charge in [-0.05, 0) is 50.6 Å². The van der Waals surface area contributed by atoms with Crippen LogP contribution in [0, 0.1) is 0 Å². The Kier molecular flexibility index (Phi) is 6.57. The topological polar surface area (TPSA) is 37.0 Å². The van der Waals surface area contributed by atoms with Gasteiger partial charge in [-0.15, -0.1) is 0 Å². The number of nitrogens with zero attached hydrogens (tertiary/aromatic N) is 2. The molecule has 0 amide bonds. The number of piperidine rings is 1. The summed E-state index contributed by atoms with van der Waals surface area (Å²) in [6, 6.07) is 7.37. The summed E-state index contributed by atoms with van der Waals surface area (Å²) in [5.41, 5.74) is 1.33. The van der Waals surface area contributed by atoms with Gasteiger partial charge in [0, 0.05) is 38.3 Å². The second kappa shape index (κ2) is 8.88. The molecule has 5 heteroatoms. The maximum Gasteiger partial charge on any atom is 0.161 e. The molecule has 0 saturated carbocycles. The van der Waals surface area contributed by atoms with Crippen molar-refractivity contribution >= 4 is 0 Å². The molecule has 2 aliphatic rings. The van der Waals surface area contributed by atoms with Gasteiger partial charge in [0.25, 0.3) is 0 Å². The number of hydrogen-bond acceptors (Lipinski definition) is 5. The number of ether oxygens (including phenoxy) is 2. The van der Waals surface area contributed by atoms with Gasteiger partial charge in [0.15, 0.2) is 11.5 Å². The maximum atomic E-state index is 5.56. The molecule has 3 rings (SSSR count). The number of likely N-dealkylation sites (tertiary alicyclic amines) is 1. The molecule has 1 aromatic carbocycles. The van der Waals surface area contributed by atoms with Crippen molar-refractivity contribution < 1.29 is 9.47 Å². The molecule has 140 valence electrons. The van der Waals surface area contributed by atoms with E-state index in [0.717, 1.165) is 37.7 Å². The third-order valence-corrected chi connectivity index (χ3v) is 5.51. The first kappa shape index (κ1) is 18.5. The minimum atomic E-state index is 0.405. The van der Waals surface area contributed by atoms with Crippen LogP contribution in [0.25, 0.3) is 0 Å². The minimum Gasteiger partial charge on any atom is -0.493 e. The summed E-state index contributed by atoms with van der Waals surface area (Å²) >= 11 is 0. The number of rotatable bonds is 6. The Labute approximate surface area is 152 Å². The maximum absolute atomic E-state index is 5.56. The second-order valence-corrected chi connectivity index (χ2v) is 7.34. The van der Waals surface area contributed by atoms with E-state index in [-0.39, 0.29) is 0 Å². The molecule has 0 spiro atoms. The van der Waals surface area contributed by atoms with Crippen molar-refractivity contribution in [2.24, 2.45) is 0 Å². The predicted octanol–water partition coefficient (Wildman–Crippen LogP) is 2.52. The van der Waals surface area contributed by atoms with Gasteiger partial charge in [0.1, 0.15) is 0 Å². The van der Waals surface area contributed by atoms with Gasteiger partial charge < -0.3 is 19.7 Å². The third-order valence-electron chi connectivity index (χ3n) is 5.51. The van der Waals surface area contributed by atoms with Crippen LogP contribution in [0.15, 0.2) is 18.2 Å². The third kappa shape index (κ3) is 4.66. The average Bonchev–Trinajstić information content (AvgIpc) is 2.66. The quantitative estimate of drug-likeness (QED) is 0.856. The lowest BCUT2D eigenvalue weighted by Crippen LogP contribution is -2.52. The molecule has 5 nitrogen and oxygen atoms in total. The number of nitrogens with one attached hydrogen (secondary N) is 1. The van der Waals surface area contributed by atoms with E-state index in [2.05, 4.69) is 34.2 Å². The van der Waals surface area contributed by atoms with Gasteiger partial charge in [-0.1, -0.05) is 12.5 Å². The first-order valence-electron chi connectivity index (χ1n) is 9.63. The van der Waals surface area contributed by atoms with Crippen LogP contribution in [0.4, 0.5) is 0 Å². The summed E-state index contributed by atoms with van der Waals surface area (Å²) in [6.07, 6.45) is 4.04.